The molecule has 0 spiro atoms. The normalized spacial score (nSPS) is 15.3. The first kappa shape index (κ1) is 23.7. The Morgan fingerprint density at radius 2 is 2.00 bits per heavy atom. The van der Waals surface area contributed by atoms with Crippen molar-refractivity contribution >= 4 is 43.2 Å². The molecular formula is C22H28N4O5S2. The van der Waals surface area contributed by atoms with Crippen LogP contribution in [0.1, 0.15) is 29.2 Å². The molecular weight excluding hydrogens is 464 g/mol. The van der Waals surface area contributed by atoms with Crippen LogP contribution in [0.15, 0.2) is 29.2 Å². The van der Waals surface area contributed by atoms with E-state index in [2.05, 4.69) is 24.3 Å². The van der Waals surface area contributed by atoms with Crippen LogP contribution in [0.3, 0.4) is 0 Å². The highest BCUT2D eigenvalue weighted by Crippen LogP contribution is 2.32. The van der Waals surface area contributed by atoms with Gasteiger partial charge in [0.1, 0.15) is 10.6 Å². The van der Waals surface area contributed by atoms with Crippen molar-refractivity contribution in [2.75, 3.05) is 38.7 Å². The average molecular weight is 493 g/mol. The van der Waals surface area contributed by atoms with Crippen molar-refractivity contribution in [3.05, 3.63) is 34.8 Å². The second kappa shape index (κ2) is 9.41. The zero-order chi connectivity index (χ0) is 23.8. The lowest BCUT2D eigenvalue weighted by Gasteiger charge is -2.26. The SMILES string of the molecule is COc1ccc(S(=O)(=O)N2CCOCC2)cc1NC(=O)c1cc2c(C)nn(CC(C)C)c2s1. The predicted octanol–water partition coefficient (Wildman–Crippen LogP) is 3.34. The fraction of sp³-hybridized carbons (Fsp3) is 0.455. The minimum Gasteiger partial charge on any atom is -0.495 e. The molecule has 1 amide bonds. The summed E-state index contributed by atoms with van der Waals surface area (Å²) in [5.74, 6) is 0.478. The minimum absolute atomic E-state index is 0.0975. The summed E-state index contributed by atoms with van der Waals surface area (Å²) in [7, 11) is -2.23. The summed E-state index contributed by atoms with van der Waals surface area (Å²) in [4.78, 5) is 14.7. The molecule has 0 atom stereocenters. The van der Waals surface area contributed by atoms with Gasteiger partial charge in [-0.25, -0.2) is 8.42 Å². The molecule has 0 radical (unpaired) electrons. The second-order valence-electron chi connectivity index (χ2n) is 8.32. The standard InChI is InChI=1S/C22H28N4O5S2/c1-14(2)13-26-22-17(15(3)24-26)12-20(32-22)21(27)23-18-11-16(5-6-19(18)30-4)33(28,29)25-7-9-31-10-8-25/h5-6,11-12,14H,7-10,13H2,1-4H3,(H,23,27). The predicted molar refractivity (Wildman–Crippen MR) is 128 cm³/mol. The van der Waals surface area contributed by atoms with E-state index >= 15 is 0 Å². The topological polar surface area (TPSA) is 103 Å². The molecule has 1 aliphatic heterocycles. The summed E-state index contributed by atoms with van der Waals surface area (Å²) in [6.07, 6.45) is 0. The summed E-state index contributed by atoms with van der Waals surface area (Å²) in [5, 5.41) is 8.36. The smallest absolute Gasteiger partial charge is 0.265 e. The lowest BCUT2D eigenvalue weighted by molar-refractivity contribution is 0.0730. The van der Waals surface area contributed by atoms with Gasteiger partial charge in [-0.3, -0.25) is 9.48 Å². The summed E-state index contributed by atoms with van der Waals surface area (Å²) < 4.78 is 40.1. The quantitative estimate of drug-likeness (QED) is 0.543. The third kappa shape index (κ3) is 4.77. The monoisotopic (exact) mass is 492 g/mol. The van der Waals surface area contributed by atoms with Crippen LogP contribution in [-0.4, -0.2) is 61.8 Å². The molecule has 33 heavy (non-hydrogen) atoms. The van der Waals surface area contributed by atoms with Crippen LogP contribution in [0, 0.1) is 12.8 Å². The highest BCUT2D eigenvalue weighted by atomic mass is 32.2. The number of hydrogen-bond donors (Lipinski definition) is 1. The van der Waals surface area contributed by atoms with E-state index in [9.17, 15) is 13.2 Å². The van der Waals surface area contributed by atoms with E-state index in [4.69, 9.17) is 9.47 Å². The maximum Gasteiger partial charge on any atom is 0.265 e. The number of aromatic nitrogens is 2. The van der Waals surface area contributed by atoms with Crippen molar-refractivity contribution in [3.63, 3.8) is 0 Å². The number of amides is 1. The van der Waals surface area contributed by atoms with Gasteiger partial charge in [-0.05, 0) is 37.1 Å². The molecule has 4 rings (SSSR count). The van der Waals surface area contributed by atoms with Gasteiger partial charge in [0.25, 0.3) is 5.91 Å². The second-order valence-corrected chi connectivity index (χ2v) is 11.3. The van der Waals surface area contributed by atoms with Crippen LogP contribution in [0.4, 0.5) is 5.69 Å². The Hall–Kier alpha value is -2.47. The van der Waals surface area contributed by atoms with Gasteiger partial charge in [-0.1, -0.05) is 13.8 Å². The maximum absolute atomic E-state index is 13.1. The maximum atomic E-state index is 13.1. The molecule has 0 aliphatic carbocycles. The number of thiophene rings is 1. The Bertz CT molecular complexity index is 1270. The number of aryl methyl sites for hydroxylation is 1. The Balaban J connectivity index is 1.63. The van der Waals surface area contributed by atoms with Crippen LogP contribution in [0.2, 0.25) is 0 Å². The van der Waals surface area contributed by atoms with E-state index in [-0.39, 0.29) is 10.8 Å². The van der Waals surface area contributed by atoms with Gasteiger partial charge in [-0.2, -0.15) is 9.40 Å². The van der Waals surface area contributed by atoms with Gasteiger partial charge in [0.15, 0.2) is 0 Å². The largest absolute Gasteiger partial charge is 0.495 e. The zero-order valence-electron chi connectivity index (χ0n) is 19.1. The molecule has 0 unspecified atom stereocenters. The van der Waals surface area contributed by atoms with E-state index in [0.29, 0.717) is 48.5 Å². The van der Waals surface area contributed by atoms with Crippen LogP contribution in [0.25, 0.3) is 10.2 Å². The first-order valence-corrected chi connectivity index (χ1v) is 13.0. The first-order valence-electron chi connectivity index (χ1n) is 10.7. The van der Waals surface area contributed by atoms with Gasteiger partial charge in [0.2, 0.25) is 10.0 Å². The molecule has 3 heterocycles. The van der Waals surface area contributed by atoms with Gasteiger partial charge in [-0.15, -0.1) is 11.3 Å². The molecule has 2 aromatic heterocycles. The van der Waals surface area contributed by atoms with Gasteiger partial charge in [0, 0.05) is 25.0 Å². The van der Waals surface area contributed by atoms with Crippen LogP contribution >= 0.6 is 11.3 Å². The number of methoxy groups -OCH3 is 1. The van der Waals surface area contributed by atoms with E-state index in [1.165, 1.54) is 34.9 Å². The molecule has 178 valence electrons. The Labute approximate surface area is 197 Å². The van der Waals surface area contributed by atoms with Crippen LogP contribution in [-0.2, 0) is 21.3 Å². The van der Waals surface area contributed by atoms with Gasteiger partial charge < -0.3 is 14.8 Å². The van der Waals surface area contributed by atoms with Crippen molar-refractivity contribution in [1.82, 2.24) is 14.1 Å². The number of rotatable bonds is 7. The number of ether oxygens (including phenoxy) is 2. The number of hydrogen-bond acceptors (Lipinski definition) is 7. The van der Waals surface area contributed by atoms with Gasteiger partial charge >= 0.3 is 0 Å². The summed E-state index contributed by atoms with van der Waals surface area (Å²) >= 11 is 1.37. The zero-order valence-corrected chi connectivity index (χ0v) is 20.8. The van der Waals surface area contributed by atoms with E-state index < -0.39 is 10.0 Å². The molecule has 1 N–H and O–H groups in total. The molecule has 1 saturated heterocycles. The molecule has 1 aromatic carbocycles. The molecule has 1 aliphatic rings. The van der Waals surface area contributed by atoms with E-state index in [1.807, 2.05) is 17.7 Å². The number of carbonyl (C=O) groups excluding carboxylic acids is 1. The van der Waals surface area contributed by atoms with Crippen molar-refractivity contribution < 1.29 is 22.7 Å². The highest BCUT2D eigenvalue weighted by Gasteiger charge is 2.27. The van der Waals surface area contributed by atoms with Gasteiger partial charge in [0.05, 0.1) is 41.5 Å². The molecule has 9 nitrogen and oxygen atoms in total. The number of fused-ring (bicyclic) bond motifs is 1. The van der Waals surface area contributed by atoms with Crippen LogP contribution < -0.4 is 10.1 Å². The number of carbonyl (C=O) groups is 1. The van der Waals surface area contributed by atoms with Crippen molar-refractivity contribution in [2.45, 2.75) is 32.2 Å². The first-order chi connectivity index (χ1) is 15.7. The van der Waals surface area contributed by atoms with Crippen molar-refractivity contribution in [1.29, 1.82) is 0 Å². The molecule has 0 saturated carbocycles. The molecule has 0 bridgehead atoms. The summed E-state index contributed by atoms with van der Waals surface area (Å²) in [6, 6.07) is 6.32. The lowest BCUT2D eigenvalue weighted by Crippen LogP contribution is -2.40. The van der Waals surface area contributed by atoms with E-state index in [0.717, 1.165) is 22.5 Å². The molecule has 3 aromatic rings. The summed E-state index contributed by atoms with van der Waals surface area (Å²) in [6.45, 7) is 8.24. The Kier molecular flexibility index (Phi) is 6.76. The third-order valence-corrected chi connectivity index (χ3v) is 8.44. The Morgan fingerprint density at radius 1 is 1.27 bits per heavy atom. The highest BCUT2D eigenvalue weighted by molar-refractivity contribution is 7.89. The lowest BCUT2D eigenvalue weighted by atomic mass is 10.2. The van der Waals surface area contributed by atoms with Crippen molar-refractivity contribution in [3.8, 4) is 5.75 Å². The minimum atomic E-state index is -3.71. The molecule has 1 fully saturated rings. The van der Waals surface area contributed by atoms with E-state index in [1.54, 1.807) is 6.07 Å². The summed E-state index contributed by atoms with van der Waals surface area (Å²) in [5.41, 5.74) is 1.17. The number of sulfonamides is 1. The Morgan fingerprint density at radius 3 is 2.67 bits per heavy atom. The number of nitrogens with one attached hydrogen (secondary N) is 1. The number of anilines is 1. The number of nitrogens with zero attached hydrogens (tertiary/aromatic N) is 3. The number of morpholine rings is 1. The van der Waals surface area contributed by atoms with Crippen LogP contribution in [0.5, 0.6) is 5.75 Å². The third-order valence-electron chi connectivity index (χ3n) is 5.40. The molecule has 11 heteroatoms. The van der Waals surface area contributed by atoms with Crippen molar-refractivity contribution in [2.24, 2.45) is 5.92 Å². The average Bonchev–Trinajstić information content (AvgIpc) is 3.35. The fourth-order valence-corrected chi connectivity index (χ4v) is 6.26. The fourth-order valence-electron chi connectivity index (χ4n) is 3.76. The number of benzene rings is 1.